The minimum absolute atomic E-state index is 0.813. The first kappa shape index (κ1) is 13.0. The SMILES string of the molecule is CC.CC.Cc1cnc2c(c1)=CC1CC1C=2. The highest BCUT2D eigenvalue weighted by atomic mass is 14.6. The van der Waals surface area contributed by atoms with Gasteiger partial charge in [-0.25, -0.2) is 0 Å². The molecule has 0 amide bonds. The summed E-state index contributed by atoms with van der Waals surface area (Å²) in [6, 6.07) is 2.23. The van der Waals surface area contributed by atoms with Crippen LogP contribution in [0.5, 0.6) is 0 Å². The largest absolute Gasteiger partial charge is 0.256 e. The Morgan fingerprint density at radius 2 is 1.69 bits per heavy atom. The van der Waals surface area contributed by atoms with E-state index < -0.39 is 0 Å². The van der Waals surface area contributed by atoms with Crippen LogP contribution in [0.25, 0.3) is 12.2 Å². The van der Waals surface area contributed by atoms with Crippen molar-refractivity contribution in [2.45, 2.75) is 41.0 Å². The number of aromatic nitrogens is 1. The number of hydrogen-bond acceptors (Lipinski definition) is 1. The summed E-state index contributed by atoms with van der Waals surface area (Å²) in [4.78, 5) is 4.41. The van der Waals surface area contributed by atoms with Gasteiger partial charge in [-0.3, -0.25) is 4.98 Å². The summed E-state index contributed by atoms with van der Waals surface area (Å²) in [5, 5.41) is 2.54. The van der Waals surface area contributed by atoms with Gasteiger partial charge in [0.1, 0.15) is 0 Å². The van der Waals surface area contributed by atoms with E-state index >= 15 is 0 Å². The minimum Gasteiger partial charge on any atom is -0.256 e. The van der Waals surface area contributed by atoms with Gasteiger partial charge in [-0.1, -0.05) is 39.8 Å². The van der Waals surface area contributed by atoms with E-state index in [4.69, 9.17) is 0 Å². The molecule has 1 aromatic heterocycles. The zero-order valence-corrected chi connectivity index (χ0v) is 11.1. The van der Waals surface area contributed by atoms with Crippen LogP contribution in [0.3, 0.4) is 0 Å². The number of fused-ring (bicyclic) bond motifs is 2. The molecule has 1 heterocycles. The molecule has 0 radical (unpaired) electrons. The van der Waals surface area contributed by atoms with Crippen LogP contribution in [0.15, 0.2) is 12.3 Å². The Kier molecular flexibility index (Phi) is 4.72. The van der Waals surface area contributed by atoms with Crippen molar-refractivity contribution in [2.24, 2.45) is 11.8 Å². The Labute approximate surface area is 98.9 Å². The third-order valence-electron chi connectivity index (χ3n) is 2.74. The fourth-order valence-corrected chi connectivity index (χ4v) is 1.93. The summed E-state index contributed by atoms with van der Waals surface area (Å²) in [6.45, 7) is 10.1. The Balaban J connectivity index is 0.000000291. The minimum atomic E-state index is 0.813. The van der Waals surface area contributed by atoms with E-state index in [0.717, 1.165) is 11.8 Å². The van der Waals surface area contributed by atoms with E-state index in [1.54, 1.807) is 0 Å². The Hall–Kier alpha value is -1.11. The van der Waals surface area contributed by atoms with Crippen LogP contribution in [-0.2, 0) is 0 Å². The van der Waals surface area contributed by atoms with Gasteiger partial charge >= 0.3 is 0 Å². The lowest BCUT2D eigenvalue weighted by Gasteiger charge is -1.98. The number of aryl methyl sites for hydroxylation is 1. The first-order valence-corrected chi connectivity index (χ1v) is 6.49. The van der Waals surface area contributed by atoms with Gasteiger partial charge in [0.2, 0.25) is 0 Å². The highest BCUT2D eigenvalue weighted by molar-refractivity contribution is 5.48. The highest BCUT2D eigenvalue weighted by Crippen LogP contribution is 2.41. The summed E-state index contributed by atoms with van der Waals surface area (Å²) in [5.74, 6) is 1.65. The van der Waals surface area contributed by atoms with Crippen molar-refractivity contribution >= 4 is 12.2 Å². The molecular weight excluding hydrogens is 194 g/mol. The van der Waals surface area contributed by atoms with Gasteiger partial charge < -0.3 is 0 Å². The van der Waals surface area contributed by atoms with Crippen LogP contribution in [-0.4, -0.2) is 4.98 Å². The molecule has 0 bridgehead atoms. The Bertz CT molecular complexity index is 445. The van der Waals surface area contributed by atoms with Crippen LogP contribution in [0.1, 0.15) is 39.7 Å². The van der Waals surface area contributed by atoms with E-state index in [1.165, 1.54) is 22.6 Å². The van der Waals surface area contributed by atoms with Crippen LogP contribution in [0, 0.1) is 18.8 Å². The van der Waals surface area contributed by atoms with Gasteiger partial charge in [0.05, 0.1) is 5.35 Å². The van der Waals surface area contributed by atoms with E-state index in [9.17, 15) is 0 Å². The second kappa shape index (κ2) is 5.83. The predicted molar refractivity (Wildman–Crippen MR) is 71.4 cm³/mol. The maximum Gasteiger partial charge on any atom is 0.0662 e. The van der Waals surface area contributed by atoms with Crippen molar-refractivity contribution in [1.82, 2.24) is 4.98 Å². The van der Waals surface area contributed by atoms with Gasteiger partial charge in [-0.2, -0.15) is 0 Å². The quantitative estimate of drug-likeness (QED) is 0.651. The number of pyridine rings is 1. The van der Waals surface area contributed by atoms with Crippen molar-refractivity contribution < 1.29 is 0 Å². The van der Waals surface area contributed by atoms with Crippen LogP contribution in [0.2, 0.25) is 0 Å². The summed E-state index contributed by atoms with van der Waals surface area (Å²) < 4.78 is 0. The zero-order chi connectivity index (χ0) is 12.1. The van der Waals surface area contributed by atoms with Crippen molar-refractivity contribution in [3.05, 3.63) is 28.4 Å². The molecule has 2 unspecified atom stereocenters. The van der Waals surface area contributed by atoms with E-state index in [1.807, 2.05) is 33.9 Å². The predicted octanol–water partition coefficient (Wildman–Crippen LogP) is 2.65. The van der Waals surface area contributed by atoms with E-state index in [-0.39, 0.29) is 0 Å². The molecule has 0 aromatic carbocycles. The molecule has 1 saturated carbocycles. The van der Waals surface area contributed by atoms with Gasteiger partial charge in [0, 0.05) is 6.20 Å². The number of rotatable bonds is 0. The van der Waals surface area contributed by atoms with Gasteiger partial charge in [0.25, 0.3) is 0 Å². The Morgan fingerprint density at radius 3 is 2.38 bits per heavy atom. The van der Waals surface area contributed by atoms with Crippen molar-refractivity contribution in [3.63, 3.8) is 0 Å². The third kappa shape index (κ3) is 2.72. The highest BCUT2D eigenvalue weighted by Gasteiger charge is 2.34. The fourth-order valence-electron chi connectivity index (χ4n) is 1.93. The van der Waals surface area contributed by atoms with Gasteiger partial charge in [-0.15, -0.1) is 0 Å². The second-order valence-electron chi connectivity index (χ2n) is 3.88. The number of nitrogens with zero attached hydrogens (tertiary/aromatic N) is 1. The maximum absolute atomic E-state index is 4.41. The number of hydrogen-bond donors (Lipinski definition) is 0. The molecule has 2 atom stereocenters. The first-order chi connectivity index (χ1) is 7.83. The lowest BCUT2D eigenvalue weighted by Crippen LogP contribution is -2.30. The Morgan fingerprint density at radius 1 is 1.06 bits per heavy atom. The average molecular weight is 217 g/mol. The van der Waals surface area contributed by atoms with Crippen molar-refractivity contribution in [3.8, 4) is 0 Å². The molecule has 0 saturated heterocycles. The molecular formula is C15H23N. The van der Waals surface area contributed by atoms with Crippen LogP contribution < -0.4 is 10.6 Å². The lowest BCUT2D eigenvalue weighted by molar-refractivity contribution is 1.03. The molecule has 88 valence electrons. The zero-order valence-electron chi connectivity index (χ0n) is 11.1. The molecule has 1 fully saturated rings. The van der Waals surface area contributed by atoms with Crippen LogP contribution in [0.4, 0.5) is 0 Å². The van der Waals surface area contributed by atoms with Crippen LogP contribution >= 0.6 is 0 Å². The van der Waals surface area contributed by atoms with Gasteiger partial charge in [-0.05, 0) is 42.0 Å². The third-order valence-corrected chi connectivity index (χ3v) is 2.74. The smallest absolute Gasteiger partial charge is 0.0662 e. The summed E-state index contributed by atoms with van der Waals surface area (Å²) >= 11 is 0. The molecule has 1 aromatic rings. The maximum atomic E-state index is 4.41. The molecule has 2 aliphatic carbocycles. The molecule has 16 heavy (non-hydrogen) atoms. The summed E-state index contributed by atoms with van der Waals surface area (Å²) in [7, 11) is 0. The average Bonchev–Trinajstić information content (AvgIpc) is 3.09. The first-order valence-electron chi connectivity index (χ1n) is 6.49. The molecule has 0 aliphatic heterocycles. The fraction of sp³-hybridized carbons (Fsp3) is 0.533. The lowest BCUT2D eigenvalue weighted by atomic mass is 10.1. The van der Waals surface area contributed by atoms with Gasteiger partial charge in [0.15, 0.2) is 0 Å². The topological polar surface area (TPSA) is 12.9 Å². The van der Waals surface area contributed by atoms with Crippen molar-refractivity contribution in [1.29, 1.82) is 0 Å². The van der Waals surface area contributed by atoms with E-state index in [2.05, 4.69) is 30.1 Å². The molecule has 0 N–H and O–H groups in total. The summed E-state index contributed by atoms with van der Waals surface area (Å²) in [6.07, 6.45) is 7.99. The van der Waals surface area contributed by atoms with E-state index in [0.29, 0.717) is 0 Å². The molecule has 0 spiro atoms. The standard InChI is InChI=1S/C11H11N.2C2H6/c1-7-2-10-4-8-3-9(8)5-11(10)12-6-7;2*1-2/h2,4-6,8-9H,3H2,1H3;2*1-2H3. The molecule has 1 heteroatoms. The second-order valence-corrected chi connectivity index (χ2v) is 3.88. The molecule has 3 rings (SSSR count). The monoisotopic (exact) mass is 217 g/mol. The normalized spacial score (nSPS) is 22.8. The molecule has 2 aliphatic rings. The molecule has 1 nitrogen and oxygen atoms in total. The van der Waals surface area contributed by atoms with Crippen molar-refractivity contribution in [2.75, 3.05) is 0 Å². The summed E-state index contributed by atoms with van der Waals surface area (Å²) in [5.41, 5.74) is 1.26.